The van der Waals surface area contributed by atoms with Crippen LogP contribution in [0, 0.1) is 6.92 Å². The molecule has 0 N–H and O–H groups in total. The molecule has 3 nitrogen and oxygen atoms in total. The Kier molecular flexibility index (Phi) is 9.15. The van der Waals surface area contributed by atoms with Gasteiger partial charge in [-0.05, 0) is 13.8 Å². The van der Waals surface area contributed by atoms with Crippen molar-refractivity contribution in [1.29, 1.82) is 0 Å². The summed E-state index contributed by atoms with van der Waals surface area (Å²) in [6.45, 7) is 7.87. The monoisotopic (exact) mass is 295 g/mol. The zero-order chi connectivity index (χ0) is 14.1. The zero-order valence-corrected chi connectivity index (χ0v) is 13.8. The highest BCUT2D eigenvalue weighted by Gasteiger charge is 2.14. The summed E-state index contributed by atoms with van der Waals surface area (Å²) in [6, 6.07) is 11.5. The lowest BCUT2D eigenvalue weighted by atomic mass is 10.1. The fourth-order valence-electron chi connectivity index (χ4n) is 2.02. The van der Waals surface area contributed by atoms with E-state index < -0.39 is 0 Å². The number of aryl methyl sites for hydroxylation is 1. The molecule has 1 rings (SSSR count). The zero-order valence-electron chi connectivity index (χ0n) is 13.1. The Morgan fingerprint density at radius 2 is 1.75 bits per heavy atom. The van der Waals surface area contributed by atoms with E-state index in [-0.39, 0.29) is 12.4 Å². The second kappa shape index (κ2) is 9.71. The van der Waals surface area contributed by atoms with Gasteiger partial charge < -0.3 is 16.9 Å². The molecular formula is C16H26ClN3. The van der Waals surface area contributed by atoms with Gasteiger partial charge in [0.25, 0.3) is 0 Å². The van der Waals surface area contributed by atoms with Crippen LogP contribution in [-0.4, -0.2) is 44.2 Å². The van der Waals surface area contributed by atoms with Gasteiger partial charge in [0.05, 0.1) is 33.2 Å². The first kappa shape index (κ1) is 18.9. The highest BCUT2D eigenvalue weighted by Crippen LogP contribution is 2.11. The van der Waals surface area contributed by atoms with Gasteiger partial charge in [-0.3, -0.25) is 0 Å². The largest absolute Gasteiger partial charge is 1.00 e. The van der Waals surface area contributed by atoms with Crippen LogP contribution in [-0.2, 0) is 6.54 Å². The third kappa shape index (κ3) is 8.11. The van der Waals surface area contributed by atoms with E-state index in [1.807, 2.05) is 6.92 Å². The number of halogens is 1. The second-order valence-electron chi connectivity index (χ2n) is 5.61. The smallest absolute Gasteiger partial charge is 0.104 e. The predicted octanol–water partition coefficient (Wildman–Crippen LogP) is 0.159. The van der Waals surface area contributed by atoms with Crippen LogP contribution in [0.1, 0.15) is 24.5 Å². The summed E-state index contributed by atoms with van der Waals surface area (Å²) in [5.41, 5.74) is 2.71. The van der Waals surface area contributed by atoms with Crippen LogP contribution in [0.5, 0.6) is 0 Å². The Morgan fingerprint density at radius 3 is 2.35 bits per heavy atom. The number of hydrogen-bond donors (Lipinski definition) is 0. The molecule has 112 valence electrons. The lowest BCUT2D eigenvalue weighted by Gasteiger charge is -2.29. The summed E-state index contributed by atoms with van der Waals surface area (Å²) in [7, 11) is 4.54. The first-order valence-electron chi connectivity index (χ1n) is 6.99. The van der Waals surface area contributed by atoms with Gasteiger partial charge >= 0.3 is 0 Å². The molecule has 0 atom stereocenters. The van der Waals surface area contributed by atoms with Gasteiger partial charge in [0.15, 0.2) is 0 Å². The molecule has 0 radical (unpaired) electrons. The van der Waals surface area contributed by atoms with Crippen molar-refractivity contribution in [1.82, 2.24) is 0 Å². The summed E-state index contributed by atoms with van der Waals surface area (Å²) in [5, 5.41) is 0. The van der Waals surface area contributed by atoms with Crippen LogP contribution in [0.15, 0.2) is 34.3 Å². The van der Waals surface area contributed by atoms with Crippen molar-refractivity contribution >= 4 is 6.01 Å². The normalized spacial score (nSPS) is 10.4. The van der Waals surface area contributed by atoms with E-state index in [2.05, 4.69) is 61.3 Å². The molecule has 1 aromatic rings. The quantitative estimate of drug-likeness (QED) is 0.389. The average Bonchev–Trinajstić information content (AvgIpc) is 2.36. The molecule has 0 spiro atoms. The maximum atomic E-state index is 4.16. The fourth-order valence-corrected chi connectivity index (χ4v) is 2.02. The fraction of sp³-hybridized carbons (Fsp3) is 0.562. The molecule has 0 amide bonds. The summed E-state index contributed by atoms with van der Waals surface area (Å²) in [6.07, 6.45) is 1.07. The van der Waals surface area contributed by atoms with Crippen LogP contribution in [0.25, 0.3) is 0 Å². The predicted molar refractivity (Wildman–Crippen MR) is 81.7 cm³/mol. The third-order valence-corrected chi connectivity index (χ3v) is 3.06. The standard InChI is InChI=1S/C16H26N3.ClH/c1-5-17-14-18-11-6-12-19(3,4)13-16-9-7-15(2)8-10-16;/h7-10H,5-6,11-13H2,1-4H3;1H/q+1;/p-1. The van der Waals surface area contributed by atoms with Crippen molar-refractivity contribution in [3.8, 4) is 0 Å². The minimum Gasteiger partial charge on any atom is -1.00 e. The molecule has 4 heteroatoms. The molecule has 0 aliphatic carbocycles. The second-order valence-corrected chi connectivity index (χ2v) is 5.61. The summed E-state index contributed by atoms with van der Waals surface area (Å²) < 4.78 is 0.990. The van der Waals surface area contributed by atoms with Gasteiger partial charge in [0.1, 0.15) is 6.54 Å². The van der Waals surface area contributed by atoms with Crippen LogP contribution < -0.4 is 12.4 Å². The van der Waals surface area contributed by atoms with Crippen molar-refractivity contribution in [3.63, 3.8) is 0 Å². The Hall–Kier alpha value is -1.15. The van der Waals surface area contributed by atoms with Crippen molar-refractivity contribution in [3.05, 3.63) is 35.4 Å². The Bertz CT molecular complexity index is 432. The highest BCUT2D eigenvalue weighted by atomic mass is 35.5. The first-order chi connectivity index (χ1) is 9.03. The maximum Gasteiger partial charge on any atom is 0.104 e. The van der Waals surface area contributed by atoms with E-state index in [4.69, 9.17) is 0 Å². The van der Waals surface area contributed by atoms with Crippen molar-refractivity contribution in [2.45, 2.75) is 26.8 Å². The molecule has 0 aliphatic rings. The molecule has 0 fully saturated rings. The van der Waals surface area contributed by atoms with E-state index in [0.29, 0.717) is 0 Å². The van der Waals surface area contributed by atoms with Crippen molar-refractivity contribution in [2.75, 3.05) is 33.7 Å². The first-order valence-corrected chi connectivity index (χ1v) is 6.99. The molecule has 0 bridgehead atoms. The molecule has 0 saturated heterocycles. The lowest BCUT2D eigenvalue weighted by molar-refractivity contribution is -0.903. The summed E-state index contributed by atoms with van der Waals surface area (Å²) in [5.74, 6) is 0. The van der Waals surface area contributed by atoms with Crippen molar-refractivity contribution < 1.29 is 16.9 Å². The Morgan fingerprint density at radius 1 is 1.10 bits per heavy atom. The van der Waals surface area contributed by atoms with Crippen molar-refractivity contribution in [2.24, 2.45) is 9.98 Å². The Balaban J connectivity index is 0.00000361. The minimum atomic E-state index is 0. The average molecular weight is 296 g/mol. The lowest BCUT2D eigenvalue weighted by Crippen LogP contribution is -3.00. The highest BCUT2D eigenvalue weighted by molar-refractivity contribution is 5.40. The van der Waals surface area contributed by atoms with Gasteiger partial charge in [0.2, 0.25) is 0 Å². The number of hydrogen-bond acceptors (Lipinski definition) is 2. The van der Waals surface area contributed by atoms with E-state index in [0.717, 1.165) is 37.1 Å². The number of benzene rings is 1. The number of nitrogens with zero attached hydrogens (tertiary/aromatic N) is 3. The molecule has 0 saturated carbocycles. The topological polar surface area (TPSA) is 24.7 Å². The van der Waals surface area contributed by atoms with E-state index >= 15 is 0 Å². The van der Waals surface area contributed by atoms with Gasteiger partial charge in [0, 0.05) is 18.5 Å². The molecule has 1 aromatic carbocycles. The van der Waals surface area contributed by atoms with Gasteiger partial charge in [-0.1, -0.05) is 29.8 Å². The molecule has 0 unspecified atom stereocenters. The van der Waals surface area contributed by atoms with E-state index in [1.165, 1.54) is 11.1 Å². The molecule has 20 heavy (non-hydrogen) atoms. The maximum absolute atomic E-state index is 4.16. The SMILES string of the molecule is CCN=C=NCCC[N+](C)(C)Cc1ccc(C)cc1.[Cl-]. The Labute approximate surface area is 129 Å². The number of quaternary nitrogens is 1. The molecular weight excluding hydrogens is 270 g/mol. The molecule has 0 aliphatic heterocycles. The van der Waals surface area contributed by atoms with Gasteiger partial charge in [-0.15, -0.1) is 0 Å². The number of rotatable bonds is 7. The minimum absolute atomic E-state index is 0. The number of aliphatic imine (C=N–C) groups is 2. The van der Waals surface area contributed by atoms with Gasteiger partial charge in [-0.2, -0.15) is 0 Å². The third-order valence-electron chi connectivity index (χ3n) is 3.06. The van der Waals surface area contributed by atoms with Crippen LogP contribution in [0.2, 0.25) is 0 Å². The van der Waals surface area contributed by atoms with E-state index in [9.17, 15) is 0 Å². The van der Waals surface area contributed by atoms with Crippen LogP contribution in [0.3, 0.4) is 0 Å². The summed E-state index contributed by atoms with van der Waals surface area (Å²) >= 11 is 0. The molecule has 0 heterocycles. The molecule has 0 aromatic heterocycles. The van der Waals surface area contributed by atoms with E-state index in [1.54, 1.807) is 0 Å². The summed E-state index contributed by atoms with van der Waals surface area (Å²) in [4.78, 5) is 8.12. The van der Waals surface area contributed by atoms with Crippen LogP contribution in [0.4, 0.5) is 0 Å². The van der Waals surface area contributed by atoms with Gasteiger partial charge in [-0.25, -0.2) is 9.98 Å². The van der Waals surface area contributed by atoms with Crippen LogP contribution >= 0.6 is 0 Å².